The molecule has 0 radical (unpaired) electrons. The summed E-state index contributed by atoms with van der Waals surface area (Å²) in [4.78, 5) is 41.4. The highest BCUT2D eigenvalue weighted by Gasteiger charge is 2.54. The van der Waals surface area contributed by atoms with Gasteiger partial charge >= 0.3 is 6.97 Å². The number of aryl methyl sites for hydroxylation is 1. The summed E-state index contributed by atoms with van der Waals surface area (Å²) in [6.07, 6.45) is 11.2. The van der Waals surface area contributed by atoms with Crippen LogP contribution in [0.25, 0.3) is 28.2 Å². The number of carbonyl (C=O) groups excluding carboxylic acids is 3. The molecule has 3 atom stereocenters. The molecule has 2 bridgehead atoms. The Balaban J connectivity index is 0.735. The number of aromatic nitrogens is 3. The Hall–Kier alpha value is -5.57. The van der Waals surface area contributed by atoms with Crippen LogP contribution in [0.4, 0.5) is 8.63 Å². The first-order chi connectivity index (χ1) is 29.9. The summed E-state index contributed by atoms with van der Waals surface area (Å²) in [6.45, 7) is 0.943. The molecule has 0 spiro atoms. The van der Waals surface area contributed by atoms with E-state index in [-0.39, 0.29) is 30.2 Å². The van der Waals surface area contributed by atoms with Crippen LogP contribution in [0.15, 0.2) is 77.5 Å². The number of para-hydroxylation sites is 1. The smallest absolute Gasteiger partial charge is 0.497 e. The first-order valence-electron chi connectivity index (χ1n) is 22.4. The van der Waals surface area contributed by atoms with Gasteiger partial charge in [-0.3, -0.25) is 19.1 Å². The Morgan fingerprint density at radius 3 is 2.34 bits per heavy atom. The predicted octanol–water partition coefficient (Wildman–Crippen LogP) is 7.30. The van der Waals surface area contributed by atoms with Crippen molar-refractivity contribution in [3.05, 3.63) is 88.9 Å². The van der Waals surface area contributed by atoms with Crippen LogP contribution in [0.3, 0.4) is 0 Å². The second kappa shape index (κ2) is 18.4. The first-order valence-corrected chi connectivity index (χ1v) is 22.4. The van der Waals surface area contributed by atoms with E-state index in [2.05, 4.69) is 27.9 Å². The molecular weight excluding hydrogens is 789 g/mol. The van der Waals surface area contributed by atoms with Crippen LogP contribution >= 0.6 is 0 Å². The van der Waals surface area contributed by atoms with Crippen LogP contribution in [-0.2, 0) is 16.1 Å². The van der Waals surface area contributed by atoms with Crippen molar-refractivity contribution in [2.75, 3.05) is 27.2 Å². The minimum Gasteiger partial charge on any atom is -0.497 e. The number of benzene rings is 2. The largest absolute Gasteiger partial charge is 0.737 e. The molecule has 0 saturated carbocycles. The third kappa shape index (κ3) is 8.73. The van der Waals surface area contributed by atoms with Crippen LogP contribution in [-0.4, -0.2) is 99.4 Å². The molecule has 4 aromatic rings. The van der Waals surface area contributed by atoms with Crippen LogP contribution in [0, 0.1) is 0 Å². The van der Waals surface area contributed by atoms with Crippen LogP contribution in [0.2, 0.25) is 0 Å². The number of amides is 3. The maximum absolute atomic E-state index is 16.4. The Morgan fingerprint density at radius 1 is 0.887 bits per heavy atom. The van der Waals surface area contributed by atoms with Crippen LogP contribution in [0.1, 0.15) is 107 Å². The van der Waals surface area contributed by atoms with Gasteiger partial charge in [-0.2, -0.15) is 5.10 Å². The minimum absolute atomic E-state index is 0.0165. The lowest BCUT2D eigenvalue weighted by Crippen LogP contribution is -2.55. The topological polar surface area (TPSA) is 126 Å². The number of piperidine rings is 2. The van der Waals surface area contributed by atoms with Crippen molar-refractivity contribution in [2.45, 2.75) is 116 Å². The van der Waals surface area contributed by atoms with E-state index in [1.807, 2.05) is 35.9 Å². The van der Waals surface area contributed by atoms with E-state index < -0.39 is 6.97 Å². The fraction of sp³-hybridized carbons (Fsp3) is 0.468. The van der Waals surface area contributed by atoms with Crippen LogP contribution < -0.4 is 20.7 Å². The number of allylic oxidation sites excluding steroid dienone is 2. The van der Waals surface area contributed by atoms with Gasteiger partial charge < -0.3 is 43.2 Å². The zero-order valence-corrected chi connectivity index (χ0v) is 36.4. The standard InChI is InChI=1S/C47H59BF2N8O4/c1-31-39(32(2)57-43(31)30-37-19-23-41(58(37)48(57,49)50)33-17-20-38(62-4)21-18-33)22-24-45(60)51-25-9-5-6-16-44(59)52-26-11-27-56-42-15-8-7-14-40(42)46(54-56)47(61)53-34-28-35-12-10-13-36(29-34)55(35)3/h7-8,14-15,17-21,23,30,34-36H,5-6,9-13,16,22,24-29H2,1-4H3,(H,51,60)(H,52,59)(H,53,61)/t34?,35-,36+. The minimum atomic E-state index is -4.18. The van der Waals surface area contributed by atoms with E-state index in [9.17, 15) is 14.4 Å². The lowest BCUT2D eigenvalue weighted by molar-refractivity contribution is -0.362. The predicted molar refractivity (Wildman–Crippen MR) is 239 cm³/mol. The number of nitrogens with one attached hydrogen (secondary N) is 3. The van der Waals surface area contributed by atoms with Crippen LogP contribution in [0.5, 0.6) is 5.75 Å². The second-order valence-electron chi connectivity index (χ2n) is 17.4. The molecule has 62 heavy (non-hydrogen) atoms. The zero-order valence-electron chi connectivity index (χ0n) is 36.4. The average Bonchev–Trinajstić information content (AvgIpc) is 3.93. The molecule has 2 aromatic carbocycles. The summed E-state index contributed by atoms with van der Waals surface area (Å²) in [6, 6.07) is 19.6. The van der Waals surface area contributed by atoms with Gasteiger partial charge in [0, 0.05) is 91.5 Å². The number of hydrogen-bond acceptors (Lipinski definition) is 6. The lowest BCUT2D eigenvalue weighted by Gasteiger charge is -2.47. The van der Waals surface area contributed by atoms with Crippen molar-refractivity contribution >= 4 is 47.4 Å². The summed E-state index contributed by atoms with van der Waals surface area (Å²) in [7, 11) is 3.78. The number of nitrogens with zero attached hydrogens (tertiary/aromatic N) is 5. The van der Waals surface area contributed by atoms with E-state index in [0.29, 0.717) is 97.2 Å². The van der Waals surface area contributed by atoms with E-state index in [4.69, 9.17) is 9.84 Å². The molecule has 1 unspecified atom stereocenters. The van der Waals surface area contributed by atoms with E-state index in [0.717, 1.165) is 56.7 Å². The lowest BCUT2D eigenvalue weighted by atomic mass is 9.82. The van der Waals surface area contributed by atoms with Gasteiger partial charge in [-0.1, -0.05) is 31.0 Å². The first kappa shape index (κ1) is 43.1. The number of methoxy groups -OCH3 is 1. The number of halogens is 2. The third-order valence-corrected chi connectivity index (χ3v) is 13.6. The van der Waals surface area contributed by atoms with Gasteiger partial charge in [0.15, 0.2) is 11.4 Å². The monoisotopic (exact) mass is 848 g/mol. The number of fused-ring (bicyclic) bond motifs is 5. The van der Waals surface area contributed by atoms with Gasteiger partial charge in [0.2, 0.25) is 11.8 Å². The Morgan fingerprint density at radius 2 is 1.60 bits per heavy atom. The molecule has 2 fully saturated rings. The fourth-order valence-corrected chi connectivity index (χ4v) is 10.2. The van der Waals surface area contributed by atoms with Gasteiger partial charge in [0.05, 0.1) is 12.6 Å². The van der Waals surface area contributed by atoms with Gasteiger partial charge in [-0.15, -0.1) is 0 Å². The Kier molecular flexibility index (Phi) is 12.8. The van der Waals surface area contributed by atoms with Gasteiger partial charge in [-0.25, -0.2) is 0 Å². The zero-order chi connectivity index (χ0) is 43.5. The summed E-state index contributed by atoms with van der Waals surface area (Å²) in [5.74, 6) is 0.393. The number of unbranched alkanes of at least 4 members (excludes halogenated alkanes) is 2. The molecule has 2 aromatic heterocycles. The van der Waals surface area contributed by atoms with Gasteiger partial charge in [-0.05, 0) is 113 Å². The SMILES string of the molecule is COc1ccc(-c2ccc3n2[B-](F)(F)[N+]2=C(C)C(CCC(=O)NCCCCCC(=O)NCCCn4nc(C(=O)NC5C[C@H]6CCC[C@@H](C5)N6C)c5ccccc54)=C(C)C2=C3)cc1. The second-order valence-corrected chi connectivity index (χ2v) is 17.4. The normalized spacial score (nSPS) is 20.5. The molecule has 6 heterocycles. The number of hydrogen-bond donors (Lipinski definition) is 3. The molecule has 15 heteroatoms. The third-order valence-electron chi connectivity index (χ3n) is 13.6. The molecule has 12 nitrogen and oxygen atoms in total. The van der Waals surface area contributed by atoms with Gasteiger partial charge in [0.25, 0.3) is 5.91 Å². The van der Waals surface area contributed by atoms with Crippen molar-refractivity contribution in [3.8, 4) is 17.0 Å². The summed E-state index contributed by atoms with van der Waals surface area (Å²) in [5, 5.41) is 14.9. The molecule has 3 amide bonds. The maximum Gasteiger partial charge on any atom is 0.737 e. The molecule has 4 aliphatic rings. The number of rotatable bonds is 17. The molecule has 4 aliphatic heterocycles. The molecule has 8 rings (SSSR count). The summed E-state index contributed by atoms with van der Waals surface area (Å²) < 4.78 is 42.2. The highest BCUT2D eigenvalue weighted by Crippen LogP contribution is 2.41. The van der Waals surface area contributed by atoms with Crippen molar-refractivity contribution in [3.63, 3.8) is 0 Å². The highest BCUT2D eigenvalue weighted by atomic mass is 19.2. The molecule has 328 valence electrons. The quantitative estimate of drug-likeness (QED) is 0.0757. The van der Waals surface area contributed by atoms with Crippen molar-refractivity contribution < 1.29 is 32.2 Å². The fourth-order valence-electron chi connectivity index (χ4n) is 10.2. The highest BCUT2D eigenvalue weighted by molar-refractivity contribution is 6.58. The Labute approximate surface area is 362 Å². The molecule has 3 N–H and O–H groups in total. The molecule has 0 aliphatic carbocycles. The molecule has 2 saturated heterocycles. The number of carbonyl (C=O) groups is 3. The summed E-state index contributed by atoms with van der Waals surface area (Å²) >= 11 is 0. The van der Waals surface area contributed by atoms with E-state index in [1.165, 1.54) is 19.3 Å². The molecular formula is C47H59BF2N8O4. The van der Waals surface area contributed by atoms with Crippen molar-refractivity contribution in [2.24, 2.45) is 0 Å². The maximum atomic E-state index is 16.4. The van der Waals surface area contributed by atoms with E-state index >= 15 is 8.63 Å². The average molecular weight is 849 g/mol. The van der Waals surface area contributed by atoms with Crippen molar-refractivity contribution in [1.82, 2.24) is 35.1 Å². The Bertz CT molecular complexity index is 2420. The number of ether oxygens (including phenoxy) is 1. The van der Waals surface area contributed by atoms with E-state index in [1.54, 1.807) is 56.5 Å². The van der Waals surface area contributed by atoms with Gasteiger partial charge in [0.1, 0.15) is 11.5 Å². The van der Waals surface area contributed by atoms with Crippen molar-refractivity contribution in [1.29, 1.82) is 0 Å². The summed E-state index contributed by atoms with van der Waals surface area (Å²) in [5.41, 5.74) is 5.39.